The molecule has 1 fully saturated rings. The highest BCUT2D eigenvalue weighted by Crippen LogP contribution is 2.23. The number of fused-ring (bicyclic) bond motifs is 1. The summed E-state index contributed by atoms with van der Waals surface area (Å²) >= 11 is 0. The van der Waals surface area contributed by atoms with E-state index in [2.05, 4.69) is 28.4 Å². The molecule has 0 bridgehead atoms. The molecule has 2 aliphatic heterocycles. The van der Waals surface area contributed by atoms with Gasteiger partial charge < -0.3 is 14.2 Å². The number of hydrogen-bond donors (Lipinski definition) is 0. The molecule has 20 heavy (non-hydrogen) atoms. The zero-order valence-electron chi connectivity index (χ0n) is 12.2. The van der Waals surface area contributed by atoms with Crippen molar-refractivity contribution in [2.45, 2.75) is 25.9 Å². The molecule has 0 aliphatic carbocycles. The summed E-state index contributed by atoms with van der Waals surface area (Å²) in [6.07, 6.45) is 2.44. The van der Waals surface area contributed by atoms with E-state index in [1.807, 2.05) is 11.1 Å². The van der Waals surface area contributed by atoms with E-state index in [9.17, 15) is 4.79 Å². The second-order valence-corrected chi connectivity index (χ2v) is 5.61. The molecule has 2 aliphatic rings. The van der Waals surface area contributed by atoms with Crippen LogP contribution in [0.4, 0.5) is 0 Å². The van der Waals surface area contributed by atoms with Crippen LogP contribution in [0.1, 0.15) is 24.5 Å². The smallest absolute Gasteiger partial charge is 0.228 e. The van der Waals surface area contributed by atoms with Crippen molar-refractivity contribution in [3.05, 3.63) is 17.7 Å². The van der Waals surface area contributed by atoms with E-state index in [-0.39, 0.29) is 5.91 Å². The van der Waals surface area contributed by atoms with Crippen LogP contribution in [0.2, 0.25) is 0 Å². The molecule has 0 aromatic carbocycles. The summed E-state index contributed by atoms with van der Waals surface area (Å²) in [5.74, 6) is 1.23. The zero-order chi connectivity index (χ0) is 14.1. The number of amides is 1. The van der Waals surface area contributed by atoms with Crippen molar-refractivity contribution >= 4 is 5.91 Å². The Balaban J connectivity index is 1.69. The van der Waals surface area contributed by atoms with Gasteiger partial charge in [0.2, 0.25) is 5.91 Å². The standard InChI is InChI=1S/C14H22N4O2/c1-11-14-15-12(10-18(14)4-3-16(11)2)9-13(19)17-5-7-20-8-6-17/h10-11H,3-9H2,1-2H3/t11-/m1/s1. The van der Waals surface area contributed by atoms with Crippen LogP contribution in [0.5, 0.6) is 0 Å². The number of likely N-dealkylation sites (N-methyl/N-ethyl adjacent to an activating group) is 1. The van der Waals surface area contributed by atoms with Crippen molar-refractivity contribution in [1.82, 2.24) is 19.4 Å². The lowest BCUT2D eigenvalue weighted by Gasteiger charge is -2.30. The molecule has 1 amide bonds. The van der Waals surface area contributed by atoms with Crippen molar-refractivity contribution in [3.63, 3.8) is 0 Å². The first kappa shape index (κ1) is 13.6. The maximum Gasteiger partial charge on any atom is 0.228 e. The molecule has 0 spiro atoms. The van der Waals surface area contributed by atoms with Crippen molar-refractivity contribution in [1.29, 1.82) is 0 Å². The Hall–Kier alpha value is -1.40. The second kappa shape index (κ2) is 5.54. The van der Waals surface area contributed by atoms with Gasteiger partial charge in [-0.25, -0.2) is 4.98 Å². The van der Waals surface area contributed by atoms with Gasteiger partial charge in [0.15, 0.2) is 0 Å². The number of ether oxygens (including phenoxy) is 1. The van der Waals surface area contributed by atoms with Gasteiger partial charge in [-0.05, 0) is 14.0 Å². The minimum Gasteiger partial charge on any atom is -0.378 e. The Morgan fingerprint density at radius 3 is 2.85 bits per heavy atom. The lowest BCUT2D eigenvalue weighted by Crippen LogP contribution is -2.41. The molecular weight excluding hydrogens is 256 g/mol. The number of rotatable bonds is 2. The number of morpholine rings is 1. The fourth-order valence-corrected chi connectivity index (χ4v) is 2.82. The van der Waals surface area contributed by atoms with Crippen LogP contribution in [0, 0.1) is 0 Å². The second-order valence-electron chi connectivity index (χ2n) is 5.61. The summed E-state index contributed by atoms with van der Waals surface area (Å²) in [6.45, 7) is 6.83. The van der Waals surface area contributed by atoms with Crippen LogP contribution < -0.4 is 0 Å². The number of aromatic nitrogens is 2. The van der Waals surface area contributed by atoms with Crippen molar-refractivity contribution < 1.29 is 9.53 Å². The first-order valence-corrected chi connectivity index (χ1v) is 7.27. The van der Waals surface area contributed by atoms with Crippen LogP contribution in [0.15, 0.2) is 6.20 Å². The molecular formula is C14H22N4O2. The number of nitrogens with zero attached hydrogens (tertiary/aromatic N) is 4. The van der Waals surface area contributed by atoms with Gasteiger partial charge in [0.25, 0.3) is 0 Å². The normalized spacial score (nSPS) is 23.7. The first-order valence-electron chi connectivity index (χ1n) is 7.27. The minimum atomic E-state index is 0.157. The SMILES string of the molecule is C[C@@H]1c2nc(CC(=O)N3CCOCC3)cn2CCN1C. The molecule has 1 saturated heterocycles. The van der Waals surface area contributed by atoms with Crippen LogP contribution in [-0.2, 0) is 22.5 Å². The highest BCUT2D eigenvalue weighted by Gasteiger charge is 2.25. The lowest BCUT2D eigenvalue weighted by atomic mass is 10.2. The quantitative estimate of drug-likeness (QED) is 0.780. The number of imidazole rings is 1. The molecule has 1 aromatic rings. The van der Waals surface area contributed by atoms with E-state index in [4.69, 9.17) is 4.74 Å². The van der Waals surface area contributed by atoms with Gasteiger partial charge in [0.05, 0.1) is 31.4 Å². The van der Waals surface area contributed by atoms with Crippen LogP contribution in [0.25, 0.3) is 0 Å². The largest absolute Gasteiger partial charge is 0.378 e. The van der Waals surface area contributed by atoms with E-state index in [0.29, 0.717) is 38.8 Å². The molecule has 3 heterocycles. The van der Waals surface area contributed by atoms with Gasteiger partial charge >= 0.3 is 0 Å². The Morgan fingerprint density at radius 2 is 2.10 bits per heavy atom. The molecule has 6 heteroatoms. The van der Waals surface area contributed by atoms with Gasteiger partial charge in [0, 0.05) is 32.4 Å². The van der Waals surface area contributed by atoms with E-state index in [1.165, 1.54) is 0 Å². The van der Waals surface area contributed by atoms with Crippen LogP contribution >= 0.6 is 0 Å². The maximum atomic E-state index is 12.2. The monoisotopic (exact) mass is 278 g/mol. The molecule has 3 rings (SSSR count). The highest BCUT2D eigenvalue weighted by atomic mass is 16.5. The number of hydrogen-bond acceptors (Lipinski definition) is 4. The predicted molar refractivity (Wildman–Crippen MR) is 74.4 cm³/mol. The highest BCUT2D eigenvalue weighted by molar-refractivity contribution is 5.78. The van der Waals surface area contributed by atoms with E-state index in [0.717, 1.165) is 24.6 Å². The molecule has 6 nitrogen and oxygen atoms in total. The summed E-state index contributed by atoms with van der Waals surface area (Å²) in [7, 11) is 2.11. The molecule has 1 aromatic heterocycles. The Bertz CT molecular complexity index is 493. The zero-order valence-corrected chi connectivity index (χ0v) is 12.2. The maximum absolute atomic E-state index is 12.2. The van der Waals surface area contributed by atoms with E-state index < -0.39 is 0 Å². The van der Waals surface area contributed by atoms with Crippen molar-refractivity contribution in [2.75, 3.05) is 39.9 Å². The summed E-state index contributed by atoms with van der Waals surface area (Å²) in [4.78, 5) is 21.1. The number of carbonyl (C=O) groups excluding carboxylic acids is 1. The van der Waals surface area contributed by atoms with Crippen LogP contribution in [-0.4, -0.2) is 65.2 Å². The fourth-order valence-electron chi connectivity index (χ4n) is 2.82. The summed E-state index contributed by atoms with van der Waals surface area (Å²) in [6, 6.07) is 0.316. The Morgan fingerprint density at radius 1 is 1.35 bits per heavy atom. The average molecular weight is 278 g/mol. The van der Waals surface area contributed by atoms with Gasteiger partial charge in [-0.1, -0.05) is 0 Å². The van der Waals surface area contributed by atoms with Gasteiger partial charge in [0.1, 0.15) is 5.82 Å². The predicted octanol–water partition coefficient (Wildman–Crippen LogP) is 0.291. The third kappa shape index (κ3) is 2.58. The third-order valence-electron chi connectivity index (χ3n) is 4.28. The van der Waals surface area contributed by atoms with Crippen molar-refractivity contribution in [2.24, 2.45) is 0 Å². The van der Waals surface area contributed by atoms with E-state index in [1.54, 1.807) is 0 Å². The van der Waals surface area contributed by atoms with Crippen molar-refractivity contribution in [3.8, 4) is 0 Å². The molecule has 0 unspecified atom stereocenters. The van der Waals surface area contributed by atoms with Crippen LogP contribution in [0.3, 0.4) is 0 Å². The Labute approximate surface area is 119 Å². The molecule has 110 valence electrons. The van der Waals surface area contributed by atoms with Gasteiger partial charge in [-0.2, -0.15) is 0 Å². The molecule has 0 radical (unpaired) electrons. The number of carbonyl (C=O) groups is 1. The summed E-state index contributed by atoms with van der Waals surface area (Å²) in [5.41, 5.74) is 0.888. The third-order valence-corrected chi connectivity index (χ3v) is 4.28. The van der Waals surface area contributed by atoms with E-state index >= 15 is 0 Å². The Kier molecular flexibility index (Phi) is 3.76. The van der Waals surface area contributed by atoms with Gasteiger partial charge in [-0.15, -0.1) is 0 Å². The minimum absolute atomic E-state index is 0.157. The van der Waals surface area contributed by atoms with Gasteiger partial charge in [-0.3, -0.25) is 9.69 Å². The topological polar surface area (TPSA) is 50.6 Å². The fraction of sp³-hybridized carbons (Fsp3) is 0.714. The summed E-state index contributed by atoms with van der Waals surface area (Å²) in [5, 5.41) is 0. The molecule has 1 atom stereocenters. The average Bonchev–Trinajstić information content (AvgIpc) is 2.87. The first-order chi connectivity index (χ1) is 9.65. The molecule has 0 N–H and O–H groups in total. The lowest BCUT2D eigenvalue weighted by molar-refractivity contribution is -0.134. The molecule has 0 saturated carbocycles. The summed E-state index contributed by atoms with van der Waals surface area (Å²) < 4.78 is 7.46.